The number of hydrogen-bond acceptors (Lipinski definition) is 4. The fraction of sp³-hybridized carbons (Fsp3) is 0. The average molecular weight is 254 g/mol. The van der Waals surface area contributed by atoms with Gasteiger partial charge in [-0.2, -0.15) is 4.99 Å². The molecule has 0 aliphatic carbocycles. The van der Waals surface area contributed by atoms with E-state index in [0.29, 0.717) is 16.7 Å². The minimum absolute atomic E-state index is 0.384. The highest BCUT2D eigenvalue weighted by atomic mass is 32.1. The number of para-hydroxylation sites is 1. The van der Waals surface area contributed by atoms with Crippen molar-refractivity contribution in [3.63, 3.8) is 0 Å². The highest BCUT2D eigenvalue weighted by molar-refractivity contribution is 7.22. The maximum absolute atomic E-state index is 5.90. The molecule has 2 heterocycles. The van der Waals surface area contributed by atoms with Crippen molar-refractivity contribution in [2.45, 2.75) is 0 Å². The van der Waals surface area contributed by atoms with Crippen LogP contribution in [0.1, 0.15) is 5.69 Å². The second-order valence-corrected chi connectivity index (χ2v) is 4.69. The van der Waals surface area contributed by atoms with Crippen LogP contribution in [0.5, 0.6) is 0 Å². The topological polar surface area (TPSA) is 64.2 Å². The summed E-state index contributed by atoms with van der Waals surface area (Å²) in [4.78, 5) is 12.9. The predicted molar refractivity (Wildman–Crippen MR) is 74.2 cm³/mol. The Morgan fingerprint density at radius 2 is 1.94 bits per heavy atom. The lowest BCUT2D eigenvalue weighted by Crippen LogP contribution is -2.14. The number of aromatic nitrogens is 2. The zero-order valence-electron chi connectivity index (χ0n) is 9.45. The third kappa shape index (κ3) is 2.08. The van der Waals surface area contributed by atoms with Gasteiger partial charge in [0.05, 0.1) is 10.2 Å². The maximum Gasteiger partial charge on any atom is 0.212 e. The van der Waals surface area contributed by atoms with E-state index in [1.807, 2.05) is 42.5 Å². The molecule has 0 atom stereocenters. The van der Waals surface area contributed by atoms with Gasteiger partial charge < -0.3 is 5.73 Å². The van der Waals surface area contributed by atoms with Crippen molar-refractivity contribution in [2.24, 2.45) is 10.7 Å². The van der Waals surface area contributed by atoms with Crippen LogP contribution in [0.3, 0.4) is 0 Å². The molecule has 1 aromatic carbocycles. The second kappa shape index (κ2) is 4.54. The van der Waals surface area contributed by atoms with E-state index in [1.165, 1.54) is 11.3 Å². The Morgan fingerprint density at radius 1 is 1.11 bits per heavy atom. The molecule has 4 nitrogen and oxygen atoms in total. The fourth-order valence-electron chi connectivity index (χ4n) is 1.58. The zero-order chi connectivity index (χ0) is 12.4. The molecule has 0 spiro atoms. The quantitative estimate of drug-likeness (QED) is 0.565. The number of thiazole rings is 1. The molecule has 88 valence electrons. The van der Waals surface area contributed by atoms with E-state index in [0.717, 1.165) is 10.2 Å². The Morgan fingerprint density at radius 3 is 2.72 bits per heavy atom. The Hall–Kier alpha value is -2.27. The molecule has 0 unspecified atom stereocenters. The maximum atomic E-state index is 5.90. The van der Waals surface area contributed by atoms with Crippen molar-refractivity contribution in [1.82, 2.24) is 9.97 Å². The Balaban J connectivity index is 2.00. The van der Waals surface area contributed by atoms with E-state index >= 15 is 0 Å². The number of rotatable bonds is 2. The lowest BCUT2D eigenvalue weighted by Gasteiger charge is -1.96. The summed E-state index contributed by atoms with van der Waals surface area (Å²) < 4.78 is 1.10. The number of nitrogens with zero attached hydrogens (tertiary/aromatic N) is 3. The molecule has 0 radical (unpaired) electrons. The SMILES string of the molecule is N/C(=N\c1nc2ccccc2s1)c1ccccn1. The molecule has 2 N–H and O–H groups in total. The van der Waals surface area contributed by atoms with Crippen molar-refractivity contribution >= 4 is 32.5 Å². The molecule has 18 heavy (non-hydrogen) atoms. The smallest absolute Gasteiger partial charge is 0.212 e. The number of hydrogen-bond donors (Lipinski definition) is 1. The van der Waals surface area contributed by atoms with Gasteiger partial charge in [0.2, 0.25) is 5.13 Å². The number of amidine groups is 1. The van der Waals surface area contributed by atoms with E-state index in [2.05, 4.69) is 15.0 Å². The average Bonchev–Trinajstić information content (AvgIpc) is 2.82. The molecular weight excluding hydrogens is 244 g/mol. The molecule has 0 aliphatic rings. The van der Waals surface area contributed by atoms with E-state index < -0.39 is 0 Å². The monoisotopic (exact) mass is 254 g/mol. The first-order valence-electron chi connectivity index (χ1n) is 5.44. The largest absolute Gasteiger partial charge is 0.382 e. The van der Waals surface area contributed by atoms with E-state index in [4.69, 9.17) is 5.73 Å². The summed E-state index contributed by atoms with van der Waals surface area (Å²) in [6.45, 7) is 0. The molecule has 0 saturated heterocycles. The highest BCUT2D eigenvalue weighted by Gasteiger charge is 2.04. The van der Waals surface area contributed by atoms with Gasteiger partial charge in [0.1, 0.15) is 5.69 Å². The lowest BCUT2D eigenvalue weighted by atomic mass is 10.3. The van der Waals surface area contributed by atoms with Crippen molar-refractivity contribution in [3.05, 3.63) is 54.4 Å². The molecule has 0 bridgehead atoms. The highest BCUT2D eigenvalue weighted by Crippen LogP contribution is 2.27. The summed E-state index contributed by atoms with van der Waals surface area (Å²) in [5.41, 5.74) is 7.51. The van der Waals surface area contributed by atoms with Crippen LogP contribution in [0, 0.1) is 0 Å². The Labute approximate surface area is 108 Å². The summed E-state index contributed by atoms with van der Waals surface area (Å²) in [5, 5.41) is 0.652. The molecule has 0 aliphatic heterocycles. The van der Waals surface area contributed by atoms with Crippen molar-refractivity contribution < 1.29 is 0 Å². The van der Waals surface area contributed by atoms with Crippen LogP contribution in [-0.4, -0.2) is 15.8 Å². The number of benzene rings is 1. The molecule has 0 amide bonds. The number of nitrogens with two attached hydrogens (primary N) is 1. The van der Waals surface area contributed by atoms with Gasteiger partial charge in [-0.3, -0.25) is 4.98 Å². The minimum Gasteiger partial charge on any atom is -0.382 e. The van der Waals surface area contributed by atoms with Crippen LogP contribution in [0.2, 0.25) is 0 Å². The molecule has 0 fully saturated rings. The Kier molecular flexibility index (Phi) is 2.74. The van der Waals surface area contributed by atoms with Gasteiger partial charge in [0, 0.05) is 6.20 Å². The van der Waals surface area contributed by atoms with Gasteiger partial charge in [0.15, 0.2) is 5.84 Å². The number of aliphatic imine (C=N–C) groups is 1. The summed E-state index contributed by atoms with van der Waals surface area (Å²) >= 11 is 1.51. The van der Waals surface area contributed by atoms with Gasteiger partial charge >= 0.3 is 0 Å². The lowest BCUT2D eigenvalue weighted by molar-refractivity contribution is 1.26. The standard InChI is InChI=1S/C13H10N4S/c14-12(10-6-3-4-8-15-10)17-13-16-9-5-1-2-7-11(9)18-13/h1-8H,(H2,14,16,17). The molecule has 2 aromatic heterocycles. The van der Waals surface area contributed by atoms with Gasteiger partial charge in [-0.25, -0.2) is 4.98 Å². The summed E-state index contributed by atoms with van der Waals surface area (Å²) in [6.07, 6.45) is 1.69. The summed E-state index contributed by atoms with van der Waals surface area (Å²) in [5.74, 6) is 0.384. The molecule has 3 rings (SSSR count). The van der Waals surface area contributed by atoms with Crippen molar-refractivity contribution in [3.8, 4) is 0 Å². The van der Waals surface area contributed by atoms with Crippen LogP contribution >= 0.6 is 11.3 Å². The molecule has 5 heteroatoms. The van der Waals surface area contributed by atoms with Gasteiger partial charge in [-0.1, -0.05) is 29.5 Å². The minimum atomic E-state index is 0.384. The van der Waals surface area contributed by atoms with Crippen LogP contribution in [0.15, 0.2) is 53.7 Å². The number of pyridine rings is 1. The Bertz CT molecular complexity index is 670. The predicted octanol–water partition coefficient (Wildman–Crippen LogP) is 2.73. The first-order valence-corrected chi connectivity index (χ1v) is 6.26. The third-order valence-electron chi connectivity index (χ3n) is 2.43. The normalized spacial score (nSPS) is 11.9. The molecule has 0 saturated carbocycles. The zero-order valence-corrected chi connectivity index (χ0v) is 10.3. The van der Waals surface area contributed by atoms with E-state index in [-0.39, 0.29) is 0 Å². The van der Waals surface area contributed by atoms with E-state index in [9.17, 15) is 0 Å². The summed E-state index contributed by atoms with van der Waals surface area (Å²) in [6, 6.07) is 13.5. The number of fused-ring (bicyclic) bond motifs is 1. The second-order valence-electron chi connectivity index (χ2n) is 3.68. The van der Waals surface area contributed by atoms with E-state index in [1.54, 1.807) is 6.20 Å². The van der Waals surface area contributed by atoms with Crippen LogP contribution < -0.4 is 5.73 Å². The first kappa shape index (κ1) is 10.9. The molecule has 3 aromatic rings. The molecular formula is C13H10N4S. The summed E-state index contributed by atoms with van der Waals surface area (Å²) in [7, 11) is 0. The first-order chi connectivity index (χ1) is 8.83. The van der Waals surface area contributed by atoms with Crippen molar-refractivity contribution in [1.29, 1.82) is 0 Å². The van der Waals surface area contributed by atoms with Gasteiger partial charge in [0.25, 0.3) is 0 Å². The van der Waals surface area contributed by atoms with Crippen molar-refractivity contribution in [2.75, 3.05) is 0 Å². The van der Waals surface area contributed by atoms with Gasteiger partial charge in [-0.05, 0) is 24.3 Å². The van der Waals surface area contributed by atoms with Crippen LogP contribution in [-0.2, 0) is 0 Å². The third-order valence-corrected chi connectivity index (χ3v) is 3.36. The van der Waals surface area contributed by atoms with Crippen LogP contribution in [0.25, 0.3) is 10.2 Å². The fourth-order valence-corrected chi connectivity index (χ4v) is 2.43. The van der Waals surface area contributed by atoms with Gasteiger partial charge in [-0.15, -0.1) is 0 Å². The van der Waals surface area contributed by atoms with Crippen LogP contribution in [0.4, 0.5) is 5.13 Å².